The number of aryl methyl sites for hydroxylation is 2. The highest BCUT2D eigenvalue weighted by Crippen LogP contribution is 2.27. The second-order valence-corrected chi connectivity index (χ2v) is 8.68. The summed E-state index contributed by atoms with van der Waals surface area (Å²) < 4.78 is 3.75. The molecular weight excluding hydrogens is 410 g/mol. The molecule has 0 saturated carbocycles. The van der Waals surface area contributed by atoms with Gasteiger partial charge in [0.1, 0.15) is 0 Å². The highest BCUT2D eigenvalue weighted by Gasteiger charge is 2.28. The SMILES string of the molecule is Cc1ccc(CC(C(O)CC#N)n2c(=N)n(C(C)c3ccc(C)cc3)c3cccnc32)cc1. The lowest BCUT2D eigenvalue weighted by molar-refractivity contribution is 0.115. The average molecular weight is 440 g/mol. The predicted molar refractivity (Wildman–Crippen MR) is 129 cm³/mol. The van der Waals surface area contributed by atoms with Gasteiger partial charge in [-0.05, 0) is 50.5 Å². The summed E-state index contributed by atoms with van der Waals surface area (Å²) >= 11 is 0. The molecule has 4 aromatic rings. The molecule has 0 amide bonds. The van der Waals surface area contributed by atoms with Crippen molar-refractivity contribution in [3.63, 3.8) is 0 Å². The lowest BCUT2D eigenvalue weighted by atomic mass is 9.98. The van der Waals surface area contributed by atoms with Crippen LogP contribution < -0.4 is 5.62 Å². The number of imidazole rings is 1. The molecule has 168 valence electrons. The summed E-state index contributed by atoms with van der Waals surface area (Å²) in [7, 11) is 0. The Balaban J connectivity index is 1.88. The highest BCUT2D eigenvalue weighted by molar-refractivity contribution is 5.72. The van der Waals surface area contributed by atoms with Gasteiger partial charge in [0.15, 0.2) is 5.65 Å². The first-order chi connectivity index (χ1) is 15.9. The summed E-state index contributed by atoms with van der Waals surface area (Å²) in [5.74, 6) is 0. The van der Waals surface area contributed by atoms with Gasteiger partial charge >= 0.3 is 0 Å². The molecular formula is C27H29N5O. The molecule has 2 N–H and O–H groups in total. The summed E-state index contributed by atoms with van der Waals surface area (Å²) in [5, 5.41) is 29.4. The van der Waals surface area contributed by atoms with E-state index >= 15 is 0 Å². The average Bonchev–Trinajstić information content (AvgIpc) is 3.10. The first kappa shape index (κ1) is 22.5. The van der Waals surface area contributed by atoms with E-state index in [2.05, 4.69) is 49.2 Å². The van der Waals surface area contributed by atoms with Crippen molar-refractivity contribution in [1.82, 2.24) is 14.1 Å². The smallest absolute Gasteiger partial charge is 0.205 e. The summed E-state index contributed by atoms with van der Waals surface area (Å²) in [4.78, 5) is 4.60. The molecule has 0 spiro atoms. The zero-order valence-electron chi connectivity index (χ0n) is 19.2. The minimum atomic E-state index is -0.929. The Morgan fingerprint density at radius 2 is 1.64 bits per heavy atom. The Labute approximate surface area is 193 Å². The van der Waals surface area contributed by atoms with Crippen molar-refractivity contribution >= 4 is 11.2 Å². The quantitative estimate of drug-likeness (QED) is 0.441. The number of nitrogens with zero attached hydrogens (tertiary/aromatic N) is 4. The molecule has 0 bridgehead atoms. The number of hydrogen-bond acceptors (Lipinski definition) is 4. The first-order valence-corrected chi connectivity index (χ1v) is 11.2. The van der Waals surface area contributed by atoms with Crippen LogP contribution in [0.4, 0.5) is 0 Å². The summed E-state index contributed by atoms with van der Waals surface area (Å²) in [6.07, 6.45) is 1.25. The Morgan fingerprint density at radius 3 is 2.27 bits per heavy atom. The van der Waals surface area contributed by atoms with Gasteiger partial charge in [0.05, 0.1) is 36.2 Å². The highest BCUT2D eigenvalue weighted by atomic mass is 16.3. The van der Waals surface area contributed by atoms with Crippen LogP contribution in [0.25, 0.3) is 11.2 Å². The second kappa shape index (κ2) is 9.43. The molecule has 0 fully saturated rings. The molecule has 0 aliphatic heterocycles. The van der Waals surface area contributed by atoms with Gasteiger partial charge in [0.25, 0.3) is 0 Å². The van der Waals surface area contributed by atoms with Crippen LogP contribution in [0, 0.1) is 30.6 Å². The molecule has 6 heteroatoms. The van der Waals surface area contributed by atoms with Crippen LogP contribution in [-0.4, -0.2) is 25.3 Å². The number of nitriles is 1. The molecule has 2 aromatic heterocycles. The number of fused-ring (bicyclic) bond motifs is 1. The molecule has 33 heavy (non-hydrogen) atoms. The van der Waals surface area contributed by atoms with Crippen molar-refractivity contribution in [3.05, 3.63) is 94.7 Å². The number of aliphatic hydroxyl groups is 1. The van der Waals surface area contributed by atoms with Crippen molar-refractivity contribution in [3.8, 4) is 6.07 Å². The molecule has 0 radical (unpaired) electrons. The number of pyridine rings is 1. The lowest BCUT2D eigenvalue weighted by Crippen LogP contribution is -2.36. The molecule has 2 aromatic carbocycles. The summed E-state index contributed by atoms with van der Waals surface area (Å²) in [6, 6.07) is 21.8. The van der Waals surface area contributed by atoms with Gasteiger partial charge in [-0.3, -0.25) is 9.98 Å². The Morgan fingerprint density at radius 1 is 1.00 bits per heavy atom. The lowest BCUT2D eigenvalue weighted by Gasteiger charge is -2.24. The second-order valence-electron chi connectivity index (χ2n) is 8.68. The molecule has 0 aliphatic carbocycles. The molecule has 0 aliphatic rings. The van der Waals surface area contributed by atoms with Crippen LogP contribution in [0.2, 0.25) is 0 Å². The minimum Gasteiger partial charge on any atom is -0.390 e. The maximum Gasteiger partial charge on any atom is 0.205 e. The van der Waals surface area contributed by atoms with Gasteiger partial charge in [-0.1, -0.05) is 59.7 Å². The van der Waals surface area contributed by atoms with Crippen molar-refractivity contribution in [1.29, 1.82) is 10.7 Å². The van der Waals surface area contributed by atoms with Gasteiger partial charge in [0.2, 0.25) is 5.62 Å². The largest absolute Gasteiger partial charge is 0.390 e. The van der Waals surface area contributed by atoms with Gasteiger partial charge in [0, 0.05) is 6.20 Å². The fourth-order valence-corrected chi connectivity index (χ4v) is 4.39. The van der Waals surface area contributed by atoms with E-state index in [-0.39, 0.29) is 18.1 Å². The molecule has 6 nitrogen and oxygen atoms in total. The van der Waals surface area contributed by atoms with Crippen molar-refractivity contribution < 1.29 is 5.11 Å². The fourth-order valence-electron chi connectivity index (χ4n) is 4.39. The molecule has 2 heterocycles. The Bertz CT molecular complexity index is 1340. The van der Waals surface area contributed by atoms with Gasteiger partial charge < -0.3 is 9.67 Å². The number of aliphatic hydroxyl groups excluding tert-OH is 1. The molecule has 4 rings (SSSR count). The van der Waals surface area contributed by atoms with Crippen LogP contribution in [0.3, 0.4) is 0 Å². The monoisotopic (exact) mass is 439 g/mol. The number of aromatic nitrogens is 3. The topological polar surface area (TPSA) is 90.6 Å². The van der Waals surface area contributed by atoms with E-state index in [1.54, 1.807) is 10.8 Å². The Kier molecular flexibility index (Phi) is 6.43. The maximum atomic E-state index is 11.0. The van der Waals surface area contributed by atoms with E-state index in [9.17, 15) is 10.4 Å². The number of hydrogen-bond donors (Lipinski definition) is 2. The number of rotatable bonds is 7. The first-order valence-electron chi connectivity index (χ1n) is 11.2. The van der Waals surface area contributed by atoms with E-state index < -0.39 is 12.1 Å². The molecule has 3 atom stereocenters. The van der Waals surface area contributed by atoms with E-state index in [1.807, 2.05) is 47.9 Å². The predicted octanol–water partition coefficient (Wildman–Crippen LogP) is 4.60. The normalized spacial score (nSPS) is 14.0. The maximum absolute atomic E-state index is 11.0. The number of benzene rings is 2. The zero-order chi connectivity index (χ0) is 23.5. The summed E-state index contributed by atoms with van der Waals surface area (Å²) in [5.41, 5.74) is 6.19. The van der Waals surface area contributed by atoms with Gasteiger partial charge in [-0.15, -0.1) is 0 Å². The zero-order valence-corrected chi connectivity index (χ0v) is 19.2. The number of nitrogens with one attached hydrogen (secondary N) is 1. The standard InChI is InChI=1S/C27H29N5O/c1-18-6-10-21(11-7-18)17-24(25(33)14-15-28)32-26-23(5-4-16-30-26)31(27(32)29)20(3)22-12-8-19(2)9-13-22/h4-13,16,20,24-25,29,33H,14,17H2,1-3H3. The van der Waals surface area contributed by atoms with Crippen molar-refractivity contribution in [2.24, 2.45) is 0 Å². The van der Waals surface area contributed by atoms with Crippen LogP contribution in [-0.2, 0) is 6.42 Å². The van der Waals surface area contributed by atoms with Crippen LogP contribution in [0.5, 0.6) is 0 Å². The van der Waals surface area contributed by atoms with E-state index in [1.165, 1.54) is 5.56 Å². The van der Waals surface area contributed by atoms with Crippen molar-refractivity contribution in [2.45, 2.75) is 51.8 Å². The van der Waals surface area contributed by atoms with Crippen LogP contribution >= 0.6 is 0 Å². The van der Waals surface area contributed by atoms with E-state index in [0.29, 0.717) is 12.1 Å². The third-order valence-corrected chi connectivity index (χ3v) is 6.30. The van der Waals surface area contributed by atoms with Gasteiger partial charge in [-0.25, -0.2) is 4.98 Å². The third kappa shape index (κ3) is 4.46. The van der Waals surface area contributed by atoms with Gasteiger partial charge in [-0.2, -0.15) is 5.26 Å². The Hall–Kier alpha value is -3.69. The van der Waals surface area contributed by atoms with Crippen LogP contribution in [0.15, 0.2) is 66.9 Å². The molecule has 0 saturated heterocycles. The summed E-state index contributed by atoms with van der Waals surface area (Å²) in [6.45, 7) is 6.16. The fraction of sp³-hybridized carbons (Fsp3) is 0.296. The minimum absolute atomic E-state index is 0.0179. The third-order valence-electron chi connectivity index (χ3n) is 6.30. The van der Waals surface area contributed by atoms with E-state index in [0.717, 1.165) is 22.2 Å². The van der Waals surface area contributed by atoms with Crippen LogP contribution in [0.1, 0.15) is 47.7 Å². The van der Waals surface area contributed by atoms with Crippen molar-refractivity contribution in [2.75, 3.05) is 0 Å². The van der Waals surface area contributed by atoms with E-state index in [4.69, 9.17) is 5.41 Å². The molecule has 3 unspecified atom stereocenters.